The van der Waals surface area contributed by atoms with Gasteiger partial charge >= 0.3 is 0 Å². The van der Waals surface area contributed by atoms with E-state index in [1.165, 1.54) is 0 Å². The van der Waals surface area contributed by atoms with E-state index in [-0.39, 0.29) is 11.0 Å². The van der Waals surface area contributed by atoms with Crippen LogP contribution in [0.5, 0.6) is 0 Å². The molecule has 0 saturated heterocycles. The molecule has 0 N–H and O–H groups in total. The number of ketones is 1. The largest absolute Gasteiger partial charge is 0.414 e. The first-order valence-corrected chi connectivity index (χ1v) is 10.5. The number of carbonyl (C=O) groups excluding carboxylic acids is 1. The van der Waals surface area contributed by atoms with Crippen LogP contribution in [0.2, 0.25) is 18.1 Å². The minimum atomic E-state index is -1.73. The smallest absolute Gasteiger partial charge is 0.192 e. The molecule has 0 unspecified atom stereocenters. The lowest BCUT2D eigenvalue weighted by Crippen LogP contribution is -2.49. The monoisotopic (exact) mass is 280 g/mol. The van der Waals surface area contributed by atoms with Crippen LogP contribution < -0.4 is 0 Å². The van der Waals surface area contributed by atoms with Gasteiger partial charge in [0.1, 0.15) is 5.78 Å². The third-order valence-electron chi connectivity index (χ3n) is 5.30. The van der Waals surface area contributed by atoms with E-state index >= 15 is 0 Å². The van der Waals surface area contributed by atoms with Crippen LogP contribution in [0.4, 0.5) is 0 Å². The Bertz CT molecular complexity index is 379. The summed E-state index contributed by atoms with van der Waals surface area (Å²) in [5.41, 5.74) is 0. The van der Waals surface area contributed by atoms with Gasteiger partial charge in [0.15, 0.2) is 8.32 Å². The second-order valence-electron chi connectivity index (χ2n) is 7.63. The topological polar surface area (TPSA) is 26.3 Å². The van der Waals surface area contributed by atoms with Crippen molar-refractivity contribution in [1.29, 1.82) is 0 Å². The van der Waals surface area contributed by atoms with Gasteiger partial charge < -0.3 is 4.43 Å². The number of fused-ring (bicyclic) bond motifs is 1. The number of hydrogen-bond acceptors (Lipinski definition) is 2. The van der Waals surface area contributed by atoms with Crippen molar-refractivity contribution in [1.82, 2.24) is 0 Å². The summed E-state index contributed by atoms with van der Waals surface area (Å²) in [6.45, 7) is 11.5. The first kappa shape index (κ1) is 15.0. The van der Waals surface area contributed by atoms with Crippen LogP contribution in [0.25, 0.3) is 0 Å². The van der Waals surface area contributed by atoms with Crippen molar-refractivity contribution >= 4 is 14.1 Å². The van der Waals surface area contributed by atoms with Crippen LogP contribution in [-0.2, 0) is 9.22 Å². The molecule has 108 valence electrons. The Morgan fingerprint density at radius 1 is 1.21 bits per heavy atom. The van der Waals surface area contributed by atoms with E-state index in [1.807, 2.05) is 0 Å². The summed E-state index contributed by atoms with van der Waals surface area (Å²) in [6, 6.07) is 0. The number of Topliss-reactive ketones (excluding diaryl/α,β-unsaturated/α-hetero) is 1. The second kappa shape index (κ2) is 5.17. The molecule has 1 fully saturated rings. The van der Waals surface area contributed by atoms with E-state index in [9.17, 15) is 4.79 Å². The van der Waals surface area contributed by atoms with E-state index in [1.54, 1.807) is 0 Å². The Hall–Kier alpha value is -0.413. The quantitative estimate of drug-likeness (QED) is 0.556. The summed E-state index contributed by atoms with van der Waals surface area (Å²) in [5.74, 6) is 1.12. The highest BCUT2D eigenvalue weighted by molar-refractivity contribution is 6.74. The second-order valence-corrected chi connectivity index (χ2v) is 12.4. The molecule has 0 amide bonds. The maximum absolute atomic E-state index is 12.1. The Morgan fingerprint density at radius 2 is 1.84 bits per heavy atom. The van der Waals surface area contributed by atoms with Gasteiger partial charge in [-0.1, -0.05) is 32.9 Å². The summed E-state index contributed by atoms with van der Waals surface area (Å²) in [4.78, 5) is 12.1. The van der Waals surface area contributed by atoms with Gasteiger partial charge in [0.2, 0.25) is 0 Å². The van der Waals surface area contributed by atoms with Gasteiger partial charge in [-0.25, -0.2) is 0 Å². The molecule has 0 aromatic carbocycles. The molecule has 19 heavy (non-hydrogen) atoms. The molecule has 1 saturated carbocycles. The average Bonchev–Trinajstić information content (AvgIpc) is 2.32. The summed E-state index contributed by atoms with van der Waals surface area (Å²) in [7, 11) is -1.73. The Kier molecular flexibility index (Phi) is 4.08. The Morgan fingerprint density at radius 3 is 2.47 bits per heavy atom. The van der Waals surface area contributed by atoms with Crippen LogP contribution >= 0.6 is 0 Å². The van der Waals surface area contributed by atoms with Crippen molar-refractivity contribution in [3.8, 4) is 0 Å². The number of hydrogen-bond donors (Lipinski definition) is 0. The van der Waals surface area contributed by atoms with Gasteiger partial charge in [-0.2, -0.15) is 0 Å². The fourth-order valence-corrected chi connectivity index (χ4v) is 4.40. The first-order chi connectivity index (χ1) is 8.72. The van der Waals surface area contributed by atoms with E-state index < -0.39 is 8.32 Å². The lowest BCUT2D eigenvalue weighted by molar-refractivity contribution is -0.130. The molecule has 0 spiro atoms. The molecule has 3 atom stereocenters. The first-order valence-electron chi connectivity index (χ1n) is 7.58. The fourth-order valence-electron chi connectivity index (χ4n) is 3.00. The van der Waals surface area contributed by atoms with E-state index in [0.717, 1.165) is 19.3 Å². The van der Waals surface area contributed by atoms with E-state index in [4.69, 9.17) is 4.43 Å². The molecule has 0 aromatic heterocycles. The maximum Gasteiger partial charge on any atom is 0.192 e. The average molecular weight is 280 g/mol. The van der Waals surface area contributed by atoms with Gasteiger partial charge in [0.05, 0.1) is 0 Å². The van der Waals surface area contributed by atoms with Gasteiger partial charge in [-0.3, -0.25) is 4.79 Å². The van der Waals surface area contributed by atoms with Crippen molar-refractivity contribution in [3.63, 3.8) is 0 Å². The third kappa shape index (κ3) is 3.02. The molecule has 3 heteroatoms. The third-order valence-corrected chi connectivity index (χ3v) is 9.80. The van der Waals surface area contributed by atoms with Crippen LogP contribution in [0.1, 0.15) is 46.5 Å². The van der Waals surface area contributed by atoms with Gasteiger partial charge in [-0.15, -0.1) is 0 Å². The molecule has 0 bridgehead atoms. The summed E-state index contributed by atoms with van der Waals surface area (Å²) < 4.78 is 6.61. The van der Waals surface area contributed by atoms with Crippen LogP contribution in [-0.4, -0.2) is 20.2 Å². The Labute approximate surface area is 118 Å². The molecule has 0 aliphatic heterocycles. The highest BCUT2D eigenvalue weighted by Gasteiger charge is 2.45. The highest BCUT2D eigenvalue weighted by atomic mass is 28.4. The van der Waals surface area contributed by atoms with Gasteiger partial charge in [0.25, 0.3) is 0 Å². The number of rotatable bonds is 2. The fraction of sp³-hybridized carbons (Fsp3) is 0.812. The Balaban J connectivity index is 2.12. The molecule has 0 heterocycles. The lowest BCUT2D eigenvalue weighted by atomic mass is 9.71. The normalized spacial score (nSPS) is 32.3. The van der Waals surface area contributed by atoms with Crippen LogP contribution in [0.15, 0.2) is 12.2 Å². The van der Waals surface area contributed by atoms with Crippen molar-refractivity contribution in [2.75, 3.05) is 0 Å². The molecule has 0 aromatic rings. The zero-order valence-corrected chi connectivity index (χ0v) is 14.0. The molecule has 2 rings (SSSR count). The standard InChI is InChI=1S/C16H28O2Si/c1-16(2,3)19(4,5)18-15-11-10-14(17)12-8-6-7-9-13(12)15/h6-7,12-13,15H,8-11H2,1-5H3/t12-,13+,15-/m1/s1. The minimum absolute atomic E-state index is 0.230. The molecule has 2 aliphatic rings. The van der Waals surface area contributed by atoms with Crippen molar-refractivity contribution in [2.45, 2.75) is 70.7 Å². The van der Waals surface area contributed by atoms with Crippen molar-refractivity contribution in [3.05, 3.63) is 12.2 Å². The summed E-state index contributed by atoms with van der Waals surface area (Å²) in [5, 5.41) is 0.245. The molecular formula is C16H28O2Si. The number of carbonyl (C=O) groups is 1. The highest BCUT2D eigenvalue weighted by Crippen LogP contribution is 2.43. The van der Waals surface area contributed by atoms with Gasteiger partial charge in [0, 0.05) is 18.4 Å². The number of allylic oxidation sites excluding steroid dienone is 2. The molecular weight excluding hydrogens is 252 g/mol. The zero-order chi connectivity index (χ0) is 14.3. The minimum Gasteiger partial charge on any atom is -0.414 e. The predicted octanol–water partition coefficient (Wildman–Crippen LogP) is 4.32. The summed E-state index contributed by atoms with van der Waals surface area (Å²) in [6.07, 6.45) is 8.31. The molecule has 0 radical (unpaired) electrons. The van der Waals surface area contributed by atoms with Crippen molar-refractivity contribution in [2.24, 2.45) is 11.8 Å². The van der Waals surface area contributed by atoms with Crippen LogP contribution in [0, 0.1) is 11.8 Å². The maximum atomic E-state index is 12.1. The predicted molar refractivity (Wildman–Crippen MR) is 81.7 cm³/mol. The van der Waals surface area contributed by atoms with Crippen molar-refractivity contribution < 1.29 is 9.22 Å². The van der Waals surface area contributed by atoms with Gasteiger partial charge in [-0.05, 0) is 43.3 Å². The van der Waals surface area contributed by atoms with Crippen LogP contribution in [0.3, 0.4) is 0 Å². The molecule has 2 aliphatic carbocycles. The SMILES string of the molecule is CC(C)(C)[Si](C)(C)O[C@@H]1CCC(=O)[C@@H]2CC=CC[C@H]12. The molecule has 2 nitrogen and oxygen atoms in total. The summed E-state index contributed by atoms with van der Waals surface area (Å²) >= 11 is 0. The lowest BCUT2D eigenvalue weighted by Gasteiger charge is -2.45. The van der Waals surface area contributed by atoms with E-state index in [2.05, 4.69) is 46.0 Å². The zero-order valence-electron chi connectivity index (χ0n) is 13.0. The van der Waals surface area contributed by atoms with E-state index in [0.29, 0.717) is 24.2 Å².